The molecule has 0 bridgehead atoms. The Balaban J connectivity index is 1.94. The normalized spacial score (nSPS) is 11.3. The van der Waals surface area contributed by atoms with Gasteiger partial charge in [0.05, 0.1) is 24.0 Å². The van der Waals surface area contributed by atoms with Gasteiger partial charge in [-0.3, -0.25) is 9.79 Å². The Labute approximate surface area is 176 Å². The van der Waals surface area contributed by atoms with Gasteiger partial charge in [-0.25, -0.2) is 9.36 Å². The minimum atomic E-state index is -0.476. The molecule has 0 fully saturated rings. The van der Waals surface area contributed by atoms with Crippen LogP contribution in [0.25, 0.3) is 16.5 Å². The summed E-state index contributed by atoms with van der Waals surface area (Å²) in [4.78, 5) is 29.8. The number of hydrogen-bond donors (Lipinski definition) is 1. The fourth-order valence-electron chi connectivity index (χ4n) is 3.21. The number of aromatic nitrogens is 1. The molecular weight excluding hydrogens is 400 g/mol. The van der Waals surface area contributed by atoms with Crippen molar-refractivity contribution in [3.63, 3.8) is 0 Å². The topological polar surface area (TPSA) is 80.9 Å². The molecule has 0 aliphatic heterocycles. The van der Waals surface area contributed by atoms with Crippen LogP contribution in [0.15, 0.2) is 69.8 Å². The zero-order chi connectivity index (χ0) is 21.3. The number of pyridine rings is 1. The number of fused-ring (bicyclic) bond motifs is 1. The maximum atomic E-state index is 13.1. The molecule has 0 spiro atoms. The van der Waals surface area contributed by atoms with E-state index in [2.05, 4.69) is 4.99 Å². The van der Waals surface area contributed by atoms with Crippen LogP contribution in [-0.4, -0.2) is 29.0 Å². The smallest absolute Gasteiger partial charge is 0.350 e. The quantitative estimate of drug-likeness (QED) is 0.388. The molecule has 0 aliphatic carbocycles. The Morgan fingerprint density at radius 2 is 1.80 bits per heavy atom. The van der Waals surface area contributed by atoms with Gasteiger partial charge in [-0.2, -0.15) is 0 Å². The van der Waals surface area contributed by atoms with E-state index in [9.17, 15) is 14.7 Å². The molecule has 7 heteroatoms. The van der Waals surface area contributed by atoms with Crippen molar-refractivity contribution >= 4 is 40.0 Å². The third kappa shape index (κ3) is 3.40. The number of ether oxygens (including phenoxy) is 1. The fourth-order valence-corrected chi connectivity index (χ4v) is 3.96. The number of benzene rings is 2. The summed E-state index contributed by atoms with van der Waals surface area (Å²) in [5, 5.41) is 13.8. The van der Waals surface area contributed by atoms with Gasteiger partial charge in [0.2, 0.25) is 5.88 Å². The molecule has 1 N–H and O–H groups in total. The average Bonchev–Trinajstić information content (AvgIpc) is 3.23. The number of aryl methyl sites for hydroxylation is 1. The van der Waals surface area contributed by atoms with Crippen molar-refractivity contribution < 1.29 is 14.6 Å². The summed E-state index contributed by atoms with van der Waals surface area (Å²) in [6.07, 6.45) is 1.47. The molecule has 150 valence electrons. The summed E-state index contributed by atoms with van der Waals surface area (Å²) in [6.45, 7) is 1.95. The molecule has 2 heterocycles. The number of aromatic hydroxyl groups is 1. The summed E-state index contributed by atoms with van der Waals surface area (Å²) in [7, 11) is 1.31. The monoisotopic (exact) mass is 418 g/mol. The lowest BCUT2D eigenvalue weighted by Crippen LogP contribution is -2.20. The van der Waals surface area contributed by atoms with E-state index in [0.717, 1.165) is 5.56 Å². The Kier molecular flexibility index (Phi) is 5.20. The van der Waals surface area contributed by atoms with E-state index in [0.29, 0.717) is 32.6 Å². The molecule has 0 radical (unpaired) electrons. The van der Waals surface area contributed by atoms with Crippen molar-refractivity contribution in [2.75, 3.05) is 7.11 Å². The minimum absolute atomic E-state index is 0.221. The van der Waals surface area contributed by atoms with Gasteiger partial charge in [-0.1, -0.05) is 35.9 Å². The molecule has 0 atom stereocenters. The average molecular weight is 418 g/mol. The molecule has 0 aliphatic rings. The number of thiophene rings is 1. The highest BCUT2D eigenvalue weighted by Crippen LogP contribution is 2.29. The first-order valence-electron chi connectivity index (χ1n) is 9.15. The van der Waals surface area contributed by atoms with Crippen LogP contribution in [0, 0.1) is 6.92 Å². The summed E-state index contributed by atoms with van der Waals surface area (Å²) >= 11 is 1.22. The van der Waals surface area contributed by atoms with E-state index >= 15 is 0 Å². The zero-order valence-corrected chi connectivity index (χ0v) is 17.1. The Morgan fingerprint density at radius 3 is 2.50 bits per heavy atom. The van der Waals surface area contributed by atoms with E-state index in [4.69, 9.17) is 4.74 Å². The molecular formula is C23H18N2O4S. The molecule has 0 saturated carbocycles. The molecule has 0 saturated heterocycles. The molecule has 2 aromatic carbocycles. The summed E-state index contributed by atoms with van der Waals surface area (Å²) in [5.74, 6) is -0.697. The number of carbonyl (C=O) groups is 1. The van der Waals surface area contributed by atoms with Gasteiger partial charge in [-0.15, -0.1) is 11.3 Å². The number of rotatable bonds is 4. The molecule has 0 amide bonds. The molecule has 6 nitrogen and oxygen atoms in total. The van der Waals surface area contributed by atoms with Crippen molar-refractivity contribution in [3.05, 3.63) is 86.3 Å². The Morgan fingerprint density at radius 1 is 1.10 bits per heavy atom. The van der Waals surface area contributed by atoms with Crippen molar-refractivity contribution in [2.45, 2.75) is 6.92 Å². The number of esters is 1. The number of nitrogens with zero attached hydrogens (tertiary/aromatic N) is 2. The summed E-state index contributed by atoms with van der Waals surface area (Å²) < 4.78 is 6.05. The molecule has 30 heavy (non-hydrogen) atoms. The number of carbonyl (C=O) groups excluding carboxylic acids is 1. The van der Waals surface area contributed by atoms with Crippen LogP contribution in [0.2, 0.25) is 0 Å². The maximum Gasteiger partial charge on any atom is 0.350 e. The number of methoxy groups -OCH3 is 1. The van der Waals surface area contributed by atoms with Gasteiger partial charge >= 0.3 is 5.97 Å². The zero-order valence-electron chi connectivity index (χ0n) is 16.3. The first-order valence-corrected chi connectivity index (χ1v) is 10.0. The molecule has 2 aromatic heterocycles. The van der Waals surface area contributed by atoms with Crippen molar-refractivity contribution in [1.82, 2.24) is 4.57 Å². The molecule has 4 rings (SSSR count). The van der Waals surface area contributed by atoms with E-state index < -0.39 is 5.97 Å². The Hall–Kier alpha value is -3.71. The lowest BCUT2D eigenvalue weighted by Gasteiger charge is -2.14. The van der Waals surface area contributed by atoms with Crippen LogP contribution in [0.1, 0.15) is 20.8 Å². The molecule has 0 unspecified atom stereocenters. The van der Waals surface area contributed by atoms with Crippen molar-refractivity contribution in [3.8, 4) is 11.6 Å². The largest absolute Gasteiger partial charge is 0.494 e. The predicted octanol–water partition coefficient (Wildman–Crippen LogP) is 4.60. The van der Waals surface area contributed by atoms with Gasteiger partial charge in [0.1, 0.15) is 4.88 Å². The summed E-state index contributed by atoms with van der Waals surface area (Å²) in [5.41, 5.74) is 2.09. The van der Waals surface area contributed by atoms with Gasteiger partial charge in [-0.05, 0) is 36.6 Å². The standard InChI is InChI=1S/C23H18N2O4S/c1-14-7-9-15(10-8-14)25-21(26)17-6-4-3-5-16(17)18(22(25)27)13-24-19-11-12-30-20(19)23(28)29-2/h3-13,27H,1-2H3. The third-order valence-corrected chi connectivity index (χ3v) is 5.63. The van der Waals surface area contributed by atoms with Crippen molar-refractivity contribution in [2.24, 2.45) is 4.99 Å². The second-order valence-electron chi connectivity index (χ2n) is 6.64. The maximum absolute atomic E-state index is 13.1. The van der Waals surface area contributed by atoms with E-state index in [1.165, 1.54) is 29.2 Å². The van der Waals surface area contributed by atoms with Crippen LogP contribution in [-0.2, 0) is 4.74 Å². The van der Waals surface area contributed by atoms with Crippen molar-refractivity contribution in [1.29, 1.82) is 0 Å². The van der Waals surface area contributed by atoms with E-state index in [1.807, 2.05) is 19.1 Å². The van der Waals surface area contributed by atoms with Gasteiger partial charge in [0.25, 0.3) is 5.56 Å². The number of aliphatic imine (C=N–C) groups is 1. The van der Waals surface area contributed by atoms with Gasteiger partial charge < -0.3 is 9.84 Å². The lowest BCUT2D eigenvalue weighted by molar-refractivity contribution is 0.0607. The lowest BCUT2D eigenvalue weighted by atomic mass is 10.1. The SMILES string of the molecule is COC(=O)c1sccc1N=Cc1c(O)n(-c2ccc(C)cc2)c(=O)c2ccccc12. The van der Waals surface area contributed by atoms with Crippen LogP contribution in [0.3, 0.4) is 0 Å². The first kappa shape index (κ1) is 19.6. The molecule has 4 aromatic rings. The van der Waals surface area contributed by atoms with Crippen LogP contribution < -0.4 is 5.56 Å². The Bertz CT molecular complexity index is 1330. The van der Waals surface area contributed by atoms with E-state index in [-0.39, 0.29) is 11.4 Å². The summed E-state index contributed by atoms with van der Waals surface area (Å²) in [6, 6.07) is 16.0. The number of hydrogen-bond acceptors (Lipinski definition) is 6. The van der Waals surface area contributed by atoms with Crippen LogP contribution in [0.4, 0.5) is 5.69 Å². The first-order chi connectivity index (χ1) is 14.5. The second kappa shape index (κ2) is 7.96. The fraction of sp³-hybridized carbons (Fsp3) is 0.0870. The highest BCUT2D eigenvalue weighted by atomic mass is 32.1. The highest BCUT2D eigenvalue weighted by Gasteiger charge is 2.17. The van der Waals surface area contributed by atoms with Gasteiger partial charge in [0, 0.05) is 17.0 Å². The minimum Gasteiger partial charge on any atom is -0.494 e. The van der Waals surface area contributed by atoms with Crippen LogP contribution in [0.5, 0.6) is 5.88 Å². The van der Waals surface area contributed by atoms with Gasteiger partial charge in [0.15, 0.2) is 0 Å². The second-order valence-corrected chi connectivity index (χ2v) is 7.56. The third-order valence-electron chi connectivity index (χ3n) is 4.74. The predicted molar refractivity (Wildman–Crippen MR) is 119 cm³/mol. The highest BCUT2D eigenvalue weighted by molar-refractivity contribution is 7.12. The van der Waals surface area contributed by atoms with Crippen LogP contribution >= 0.6 is 11.3 Å². The van der Waals surface area contributed by atoms with E-state index in [1.54, 1.807) is 47.8 Å².